The van der Waals surface area contributed by atoms with E-state index in [0.29, 0.717) is 5.82 Å². The molecule has 0 saturated carbocycles. The van der Waals surface area contributed by atoms with Crippen molar-refractivity contribution < 1.29 is 0 Å². The van der Waals surface area contributed by atoms with Crippen LogP contribution in [0.3, 0.4) is 0 Å². The lowest BCUT2D eigenvalue weighted by molar-refractivity contribution is 1.14. The van der Waals surface area contributed by atoms with Crippen LogP contribution in [0.5, 0.6) is 0 Å². The number of nitrogens with zero attached hydrogens (tertiary/aromatic N) is 1. The summed E-state index contributed by atoms with van der Waals surface area (Å²) in [7, 11) is 0. The van der Waals surface area contributed by atoms with Crippen molar-refractivity contribution in [1.29, 1.82) is 0 Å². The van der Waals surface area contributed by atoms with Gasteiger partial charge in [0, 0.05) is 10.9 Å². The predicted octanol–water partition coefficient (Wildman–Crippen LogP) is 1.39. The molecule has 0 fully saturated rings. The fraction of sp³-hybridized carbons (Fsp3) is 0.111. The Hall–Kier alpha value is -1.62. The molecule has 0 saturated heterocycles. The molecule has 14 heavy (non-hydrogen) atoms. The van der Waals surface area contributed by atoms with Gasteiger partial charge in [-0.05, 0) is 19.1 Å². The van der Waals surface area contributed by atoms with Crippen molar-refractivity contribution in [3.8, 4) is 10.7 Å². The summed E-state index contributed by atoms with van der Waals surface area (Å²) in [6, 6.07) is 5.16. The lowest BCUT2D eigenvalue weighted by Crippen LogP contribution is -2.09. The molecule has 2 aromatic rings. The monoisotopic (exact) mass is 207 g/mol. The number of aryl methyl sites for hydroxylation is 1. The normalized spacial score (nSPS) is 10.4. The summed E-state index contributed by atoms with van der Waals surface area (Å²) in [5.74, 6) is 0.780. The van der Waals surface area contributed by atoms with Crippen LogP contribution in [0.25, 0.3) is 10.7 Å². The predicted molar refractivity (Wildman–Crippen MR) is 57.3 cm³/mol. The summed E-state index contributed by atoms with van der Waals surface area (Å²) in [5.41, 5.74) is 5.25. The molecule has 2 heterocycles. The molecule has 0 aliphatic rings. The molecule has 0 unspecified atom stereocenters. The minimum absolute atomic E-state index is 0.224. The zero-order valence-electron chi connectivity index (χ0n) is 7.57. The minimum atomic E-state index is -0.224. The van der Waals surface area contributed by atoms with E-state index in [1.165, 1.54) is 10.9 Å². The van der Waals surface area contributed by atoms with Crippen molar-refractivity contribution in [2.45, 2.75) is 6.92 Å². The zero-order chi connectivity index (χ0) is 10.1. The molecule has 0 radical (unpaired) electrons. The van der Waals surface area contributed by atoms with E-state index in [4.69, 9.17) is 5.73 Å². The lowest BCUT2D eigenvalue weighted by Gasteiger charge is -1.96. The standard InChI is InChI=1S/C9H9N3OS/c1-5-2-3-6(14-5)9-11-7(10)4-8(13)12-9/h2-4H,1H3,(H3,10,11,12,13). The smallest absolute Gasteiger partial charge is 0.253 e. The maximum Gasteiger partial charge on any atom is 0.253 e. The highest BCUT2D eigenvalue weighted by Gasteiger charge is 2.03. The van der Waals surface area contributed by atoms with Crippen molar-refractivity contribution in [3.63, 3.8) is 0 Å². The highest BCUT2D eigenvalue weighted by atomic mass is 32.1. The van der Waals surface area contributed by atoms with Crippen molar-refractivity contribution in [2.75, 3.05) is 5.73 Å². The summed E-state index contributed by atoms with van der Waals surface area (Å²) in [5, 5.41) is 0. The van der Waals surface area contributed by atoms with Crippen molar-refractivity contribution in [3.05, 3.63) is 33.4 Å². The fourth-order valence-corrected chi connectivity index (χ4v) is 1.97. The first-order valence-corrected chi connectivity index (χ1v) is 4.90. The Bertz CT molecular complexity index is 515. The van der Waals surface area contributed by atoms with E-state index in [1.807, 2.05) is 19.1 Å². The first-order valence-electron chi connectivity index (χ1n) is 4.09. The third kappa shape index (κ3) is 1.67. The third-order valence-corrected chi connectivity index (χ3v) is 2.74. The highest BCUT2D eigenvalue weighted by molar-refractivity contribution is 7.15. The Morgan fingerprint density at radius 2 is 2.29 bits per heavy atom. The Labute approximate surface area is 84.4 Å². The van der Waals surface area contributed by atoms with Crippen molar-refractivity contribution in [2.24, 2.45) is 0 Å². The number of H-pyrrole nitrogens is 1. The van der Waals surface area contributed by atoms with Gasteiger partial charge in [-0.15, -0.1) is 11.3 Å². The molecule has 2 aromatic heterocycles. The zero-order valence-corrected chi connectivity index (χ0v) is 8.39. The molecule has 0 bridgehead atoms. The van der Waals surface area contributed by atoms with Gasteiger partial charge in [-0.25, -0.2) is 4.98 Å². The van der Waals surface area contributed by atoms with E-state index >= 15 is 0 Å². The van der Waals surface area contributed by atoms with E-state index in [0.717, 1.165) is 4.88 Å². The maximum absolute atomic E-state index is 11.1. The molecule has 0 atom stereocenters. The van der Waals surface area contributed by atoms with E-state index in [1.54, 1.807) is 11.3 Å². The molecule has 0 aliphatic carbocycles. The van der Waals surface area contributed by atoms with Crippen LogP contribution in [0.4, 0.5) is 5.82 Å². The SMILES string of the molecule is Cc1ccc(-c2nc(N)cc(=O)[nH]2)s1. The number of anilines is 1. The molecule has 2 rings (SSSR count). The van der Waals surface area contributed by atoms with Gasteiger partial charge in [0.25, 0.3) is 5.56 Å². The van der Waals surface area contributed by atoms with Crippen molar-refractivity contribution >= 4 is 17.2 Å². The third-order valence-electron chi connectivity index (χ3n) is 1.74. The molecule has 0 spiro atoms. The number of hydrogen-bond donors (Lipinski definition) is 2. The molecular weight excluding hydrogens is 198 g/mol. The molecule has 5 heteroatoms. The van der Waals surface area contributed by atoms with Gasteiger partial charge >= 0.3 is 0 Å². The average Bonchev–Trinajstić information content (AvgIpc) is 2.50. The van der Waals surface area contributed by atoms with Gasteiger partial charge in [0.05, 0.1) is 4.88 Å². The molecule has 3 N–H and O–H groups in total. The van der Waals surface area contributed by atoms with Crippen LogP contribution in [0.15, 0.2) is 23.0 Å². The molecule has 4 nitrogen and oxygen atoms in total. The molecule has 0 aliphatic heterocycles. The van der Waals surface area contributed by atoms with Crippen LogP contribution in [0.1, 0.15) is 4.88 Å². The summed E-state index contributed by atoms with van der Waals surface area (Å²) in [4.78, 5) is 19.9. The summed E-state index contributed by atoms with van der Waals surface area (Å²) in [6.07, 6.45) is 0. The second kappa shape index (κ2) is 3.26. The van der Waals surface area contributed by atoms with Crippen LogP contribution in [0.2, 0.25) is 0 Å². The van der Waals surface area contributed by atoms with Crippen molar-refractivity contribution in [1.82, 2.24) is 9.97 Å². The number of hydrogen-bond acceptors (Lipinski definition) is 4. The number of nitrogens with two attached hydrogens (primary N) is 1. The van der Waals surface area contributed by atoms with Gasteiger partial charge < -0.3 is 10.7 Å². The van der Waals surface area contributed by atoms with Gasteiger partial charge in [0.2, 0.25) is 0 Å². The first kappa shape index (κ1) is 8.96. The number of nitrogen functional groups attached to an aromatic ring is 1. The van der Waals surface area contributed by atoms with Crippen LogP contribution >= 0.6 is 11.3 Å². The Morgan fingerprint density at radius 1 is 1.50 bits per heavy atom. The molecule has 72 valence electrons. The second-order valence-electron chi connectivity index (χ2n) is 2.93. The van der Waals surface area contributed by atoms with E-state index < -0.39 is 0 Å². The Kier molecular flexibility index (Phi) is 2.09. The average molecular weight is 207 g/mol. The number of rotatable bonds is 1. The van der Waals surface area contributed by atoms with Crippen LogP contribution < -0.4 is 11.3 Å². The number of thiophene rings is 1. The lowest BCUT2D eigenvalue weighted by atomic mass is 10.4. The molecular formula is C9H9N3OS. The maximum atomic E-state index is 11.1. The Balaban J connectivity index is 2.56. The van der Waals surface area contributed by atoms with E-state index in [-0.39, 0.29) is 11.4 Å². The number of aromatic amines is 1. The topological polar surface area (TPSA) is 71.8 Å². The van der Waals surface area contributed by atoms with E-state index in [2.05, 4.69) is 9.97 Å². The van der Waals surface area contributed by atoms with Gasteiger partial charge in [-0.2, -0.15) is 0 Å². The number of aromatic nitrogens is 2. The highest BCUT2D eigenvalue weighted by Crippen LogP contribution is 2.23. The van der Waals surface area contributed by atoms with Gasteiger partial charge in [0.15, 0.2) is 5.82 Å². The largest absolute Gasteiger partial charge is 0.383 e. The summed E-state index contributed by atoms with van der Waals surface area (Å²) < 4.78 is 0. The van der Waals surface area contributed by atoms with Gasteiger partial charge in [0.1, 0.15) is 5.82 Å². The van der Waals surface area contributed by atoms with Crippen LogP contribution in [-0.2, 0) is 0 Å². The summed E-state index contributed by atoms with van der Waals surface area (Å²) >= 11 is 1.57. The van der Waals surface area contributed by atoms with E-state index in [9.17, 15) is 4.79 Å². The molecule has 0 amide bonds. The number of nitrogens with one attached hydrogen (secondary N) is 1. The van der Waals surface area contributed by atoms with Crippen LogP contribution in [-0.4, -0.2) is 9.97 Å². The minimum Gasteiger partial charge on any atom is -0.383 e. The summed E-state index contributed by atoms with van der Waals surface area (Å²) in [6.45, 7) is 2.00. The van der Waals surface area contributed by atoms with Crippen LogP contribution in [0, 0.1) is 6.92 Å². The second-order valence-corrected chi connectivity index (χ2v) is 4.22. The quantitative estimate of drug-likeness (QED) is 0.742. The van der Waals surface area contributed by atoms with Gasteiger partial charge in [-0.3, -0.25) is 4.79 Å². The fourth-order valence-electron chi connectivity index (χ4n) is 1.15. The molecule has 0 aromatic carbocycles. The van der Waals surface area contributed by atoms with Gasteiger partial charge in [-0.1, -0.05) is 0 Å². The Morgan fingerprint density at radius 3 is 2.86 bits per heavy atom. The first-order chi connectivity index (χ1) is 6.65.